The number of nitrogens with zero attached hydrogens (tertiary/aromatic N) is 4. The Kier molecular flexibility index (Phi) is 8.85. The lowest BCUT2D eigenvalue weighted by Crippen LogP contribution is -2.15. The second-order valence-corrected chi connectivity index (χ2v) is 10.6. The predicted octanol–water partition coefficient (Wildman–Crippen LogP) is 6.97. The Hall–Kier alpha value is -2.37. The van der Waals surface area contributed by atoms with Crippen LogP contribution in [0.5, 0.6) is 5.75 Å². The van der Waals surface area contributed by atoms with Crippen molar-refractivity contribution in [2.75, 3.05) is 11.1 Å². The monoisotopic (exact) mass is 609 g/mol. The SMILES string of the molecule is C=CCn1c(COc2ccc(Br)cc2)nnc1SCC(=O)Nc1nc(-c2ccc(Cl)cc2Cl)cs1. The number of carbonyl (C=O) groups excluding carboxylic acids is 1. The van der Waals surface area contributed by atoms with Crippen LogP contribution in [-0.4, -0.2) is 31.4 Å². The quantitative estimate of drug-likeness (QED) is 0.154. The summed E-state index contributed by atoms with van der Waals surface area (Å²) in [6, 6.07) is 12.7. The standard InChI is InChI=1S/C23H18BrCl2N5O2S2/c1-2-9-31-20(11-33-16-6-3-14(24)4-7-16)29-30-23(31)35-13-21(32)28-22-27-19(12-34-22)17-8-5-15(25)10-18(17)26/h2-8,10,12H,1,9,11,13H2,(H,27,28,32). The first-order valence-electron chi connectivity index (χ1n) is 10.2. The Balaban J connectivity index is 1.35. The summed E-state index contributed by atoms with van der Waals surface area (Å²) in [5, 5.41) is 15.2. The molecule has 4 rings (SSSR count). The highest BCUT2D eigenvalue weighted by atomic mass is 79.9. The molecule has 180 valence electrons. The zero-order valence-corrected chi connectivity index (χ0v) is 22.8. The van der Waals surface area contributed by atoms with E-state index in [1.54, 1.807) is 24.3 Å². The molecule has 0 saturated heterocycles. The first kappa shape index (κ1) is 25.7. The van der Waals surface area contributed by atoms with Crippen molar-refractivity contribution in [3.63, 3.8) is 0 Å². The predicted molar refractivity (Wildman–Crippen MR) is 146 cm³/mol. The molecule has 0 fully saturated rings. The maximum atomic E-state index is 12.5. The van der Waals surface area contributed by atoms with E-state index in [1.165, 1.54) is 23.1 Å². The number of halogens is 3. The molecule has 0 aliphatic heterocycles. The Morgan fingerprint density at radius 3 is 2.77 bits per heavy atom. The van der Waals surface area contributed by atoms with E-state index in [0.717, 1.165) is 15.8 Å². The lowest BCUT2D eigenvalue weighted by molar-refractivity contribution is -0.113. The smallest absolute Gasteiger partial charge is 0.236 e. The highest BCUT2D eigenvalue weighted by Gasteiger charge is 2.16. The summed E-state index contributed by atoms with van der Waals surface area (Å²) in [5.41, 5.74) is 1.42. The van der Waals surface area contributed by atoms with E-state index in [-0.39, 0.29) is 18.3 Å². The van der Waals surface area contributed by atoms with Crippen LogP contribution in [0.4, 0.5) is 5.13 Å². The number of carbonyl (C=O) groups is 1. The van der Waals surface area contributed by atoms with Crippen LogP contribution in [0.1, 0.15) is 5.82 Å². The molecule has 7 nitrogen and oxygen atoms in total. The number of hydrogen-bond acceptors (Lipinski definition) is 7. The molecule has 0 spiro atoms. The van der Waals surface area contributed by atoms with E-state index in [0.29, 0.717) is 38.4 Å². The van der Waals surface area contributed by atoms with Crippen molar-refractivity contribution in [1.82, 2.24) is 19.7 Å². The van der Waals surface area contributed by atoms with Gasteiger partial charge in [0, 0.05) is 27.0 Å². The zero-order chi connectivity index (χ0) is 24.8. The van der Waals surface area contributed by atoms with E-state index >= 15 is 0 Å². The third-order valence-electron chi connectivity index (χ3n) is 4.58. The fourth-order valence-corrected chi connectivity index (χ4v) is 5.22. The molecule has 0 aliphatic rings. The molecule has 0 saturated carbocycles. The van der Waals surface area contributed by atoms with Crippen molar-refractivity contribution in [2.45, 2.75) is 18.3 Å². The number of aromatic nitrogens is 4. The molecule has 1 N–H and O–H groups in total. The van der Waals surface area contributed by atoms with Crippen LogP contribution in [0.15, 0.2) is 70.1 Å². The molecule has 35 heavy (non-hydrogen) atoms. The van der Waals surface area contributed by atoms with Gasteiger partial charge in [-0.25, -0.2) is 4.98 Å². The molecule has 0 bridgehead atoms. The number of benzene rings is 2. The second-order valence-electron chi connectivity index (χ2n) is 7.04. The van der Waals surface area contributed by atoms with Gasteiger partial charge >= 0.3 is 0 Å². The average molecular weight is 611 g/mol. The number of allylic oxidation sites excluding steroid dienone is 1. The second kappa shape index (κ2) is 12.0. The summed E-state index contributed by atoms with van der Waals surface area (Å²) in [5.74, 6) is 1.29. The minimum Gasteiger partial charge on any atom is -0.486 e. The van der Waals surface area contributed by atoms with Crippen molar-refractivity contribution in [3.05, 3.63) is 80.8 Å². The van der Waals surface area contributed by atoms with Crippen LogP contribution < -0.4 is 10.1 Å². The Labute approximate surface area is 228 Å². The number of thioether (sulfide) groups is 1. The van der Waals surface area contributed by atoms with Gasteiger partial charge in [0.25, 0.3) is 0 Å². The van der Waals surface area contributed by atoms with Crippen LogP contribution in [0.2, 0.25) is 10.0 Å². The fraction of sp³-hybridized carbons (Fsp3) is 0.130. The summed E-state index contributed by atoms with van der Waals surface area (Å²) < 4.78 is 8.66. The van der Waals surface area contributed by atoms with E-state index in [1.807, 2.05) is 34.2 Å². The molecule has 4 aromatic rings. The van der Waals surface area contributed by atoms with Gasteiger partial charge in [-0.05, 0) is 42.5 Å². The van der Waals surface area contributed by atoms with E-state index in [2.05, 4.69) is 43.0 Å². The molecule has 2 aromatic carbocycles. The third-order valence-corrected chi connectivity index (χ3v) is 7.38. The summed E-state index contributed by atoms with van der Waals surface area (Å²) >= 11 is 18.2. The summed E-state index contributed by atoms with van der Waals surface area (Å²) in [6.07, 6.45) is 1.75. The van der Waals surface area contributed by atoms with Gasteiger partial charge in [-0.15, -0.1) is 28.1 Å². The third kappa shape index (κ3) is 6.86. The number of thiazole rings is 1. The van der Waals surface area contributed by atoms with E-state index in [9.17, 15) is 4.79 Å². The maximum Gasteiger partial charge on any atom is 0.236 e. The lowest BCUT2D eigenvalue weighted by atomic mass is 10.2. The number of nitrogens with one attached hydrogen (secondary N) is 1. The first-order chi connectivity index (χ1) is 16.9. The van der Waals surface area contributed by atoms with Gasteiger partial charge in [0.2, 0.25) is 5.91 Å². The van der Waals surface area contributed by atoms with E-state index < -0.39 is 0 Å². The fourth-order valence-electron chi connectivity index (χ4n) is 2.96. The summed E-state index contributed by atoms with van der Waals surface area (Å²) in [4.78, 5) is 17.0. The molecule has 0 unspecified atom stereocenters. The van der Waals surface area contributed by atoms with E-state index in [4.69, 9.17) is 27.9 Å². The van der Waals surface area contributed by atoms with Gasteiger partial charge in [-0.2, -0.15) is 0 Å². The number of hydrogen-bond donors (Lipinski definition) is 1. The van der Waals surface area contributed by atoms with Gasteiger partial charge in [0.15, 0.2) is 16.1 Å². The maximum absolute atomic E-state index is 12.5. The normalized spacial score (nSPS) is 10.8. The molecule has 2 aromatic heterocycles. The highest BCUT2D eigenvalue weighted by Crippen LogP contribution is 2.32. The number of amides is 1. The topological polar surface area (TPSA) is 81.9 Å². The van der Waals surface area contributed by atoms with Crippen LogP contribution in [0.25, 0.3) is 11.3 Å². The van der Waals surface area contributed by atoms with Gasteiger partial charge < -0.3 is 10.1 Å². The molecule has 2 heterocycles. The minimum absolute atomic E-state index is 0.138. The van der Waals surface area contributed by atoms with Crippen molar-refractivity contribution >= 4 is 73.3 Å². The zero-order valence-electron chi connectivity index (χ0n) is 18.1. The van der Waals surface area contributed by atoms with Crippen LogP contribution in [0.3, 0.4) is 0 Å². The highest BCUT2D eigenvalue weighted by molar-refractivity contribution is 9.10. The average Bonchev–Trinajstić information content (AvgIpc) is 3.44. The Morgan fingerprint density at radius 2 is 2.03 bits per heavy atom. The number of ether oxygens (including phenoxy) is 1. The van der Waals surface area contributed by atoms with Crippen LogP contribution >= 0.6 is 62.2 Å². The molecule has 0 aliphatic carbocycles. The van der Waals surface area contributed by atoms with Crippen molar-refractivity contribution in [1.29, 1.82) is 0 Å². The van der Waals surface area contributed by atoms with Crippen LogP contribution in [-0.2, 0) is 17.9 Å². The minimum atomic E-state index is -0.209. The van der Waals surface area contributed by atoms with Crippen molar-refractivity contribution in [3.8, 4) is 17.0 Å². The molecule has 1 amide bonds. The Bertz CT molecular complexity index is 1340. The van der Waals surface area contributed by atoms with Gasteiger partial charge in [-0.1, -0.05) is 57.0 Å². The van der Waals surface area contributed by atoms with Gasteiger partial charge in [0.1, 0.15) is 12.4 Å². The summed E-state index contributed by atoms with van der Waals surface area (Å²) in [6.45, 7) is 4.53. The van der Waals surface area contributed by atoms with Crippen molar-refractivity contribution < 1.29 is 9.53 Å². The van der Waals surface area contributed by atoms with Gasteiger partial charge in [-0.3, -0.25) is 9.36 Å². The van der Waals surface area contributed by atoms with Crippen molar-refractivity contribution in [2.24, 2.45) is 0 Å². The number of anilines is 1. The molecule has 0 atom stereocenters. The largest absolute Gasteiger partial charge is 0.486 e. The molecule has 12 heteroatoms. The van der Waals surface area contributed by atoms with Crippen LogP contribution in [0, 0.1) is 0 Å². The molecular weight excluding hydrogens is 593 g/mol. The molecular formula is C23H18BrCl2N5O2S2. The Morgan fingerprint density at radius 1 is 1.23 bits per heavy atom. The lowest BCUT2D eigenvalue weighted by Gasteiger charge is -2.09. The number of rotatable bonds is 10. The summed E-state index contributed by atoms with van der Waals surface area (Å²) in [7, 11) is 0. The van der Waals surface area contributed by atoms with Gasteiger partial charge in [0.05, 0.1) is 16.5 Å². The molecule has 0 radical (unpaired) electrons. The first-order valence-corrected chi connectivity index (χ1v) is 13.6.